The van der Waals surface area contributed by atoms with Crippen LogP contribution in [0.3, 0.4) is 0 Å². The van der Waals surface area contributed by atoms with Gasteiger partial charge in [-0.05, 0) is 17.4 Å². The fourth-order valence-electron chi connectivity index (χ4n) is 2.56. The minimum absolute atomic E-state index is 0.0468. The van der Waals surface area contributed by atoms with Crippen LogP contribution in [-0.4, -0.2) is 14.7 Å². The van der Waals surface area contributed by atoms with Gasteiger partial charge >= 0.3 is 0 Å². The van der Waals surface area contributed by atoms with Gasteiger partial charge in [0.1, 0.15) is 5.60 Å². The summed E-state index contributed by atoms with van der Waals surface area (Å²) in [5, 5.41) is 11.1. The van der Waals surface area contributed by atoms with E-state index in [-0.39, 0.29) is 5.41 Å². The van der Waals surface area contributed by atoms with Crippen LogP contribution in [0.15, 0.2) is 49.1 Å². The van der Waals surface area contributed by atoms with Crippen molar-refractivity contribution in [3.8, 4) is 0 Å². The second kappa shape index (κ2) is 5.17. The van der Waals surface area contributed by atoms with Crippen LogP contribution in [0.5, 0.6) is 0 Å². The van der Waals surface area contributed by atoms with Gasteiger partial charge in [0.05, 0.1) is 12.9 Å². The molecule has 19 heavy (non-hydrogen) atoms. The molecular formula is C16H22N2O. The molecule has 3 heteroatoms. The van der Waals surface area contributed by atoms with E-state index in [1.807, 2.05) is 41.1 Å². The molecule has 1 aromatic heterocycles. The SMILES string of the molecule is CC(C)(C)C[C@@](O)(Cn1ccnc1)c1ccccc1. The molecule has 1 heterocycles. The lowest BCUT2D eigenvalue weighted by atomic mass is 9.78. The van der Waals surface area contributed by atoms with Crippen LogP contribution in [-0.2, 0) is 12.1 Å². The summed E-state index contributed by atoms with van der Waals surface area (Å²) < 4.78 is 1.93. The number of aromatic nitrogens is 2. The smallest absolute Gasteiger partial charge is 0.108 e. The zero-order valence-corrected chi connectivity index (χ0v) is 11.9. The minimum Gasteiger partial charge on any atom is -0.383 e. The average Bonchev–Trinajstić information content (AvgIpc) is 2.80. The van der Waals surface area contributed by atoms with E-state index in [4.69, 9.17) is 0 Å². The minimum atomic E-state index is -0.875. The predicted octanol–water partition coefficient (Wildman–Crippen LogP) is 3.21. The first kappa shape index (κ1) is 13.8. The molecule has 3 nitrogen and oxygen atoms in total. The van der Waals surface area contributed by atoms with Gasteiger partial charge in [-0.25, -0.2) is 4.98 Å². The summed E-state index contributed by atoms with van der Waals surface area (Å²) in [7, 11) is 0. The molecule has 2 aromatic rings. The third kappa shape index (κ3) is 3.67. The molecule has 1 aromatic carbocycles. The standard InChI is InChI=1S/C16H22N2O/c1-15(2,3)11-16(19,12-18-10-9-17-13-18)14-7-5-4-6-8-14/h4-10,13,19H,11-12H2,1-3H3/t16-/m1/s1. The van der Waals surface area contributed by atoms with Crippen LogP contribution < -0.4 is 0 Å². The van der Waals surface area contributed by atoms with Crippen molar-refractivity contribution in [2.45, 2.75) is 39.3 Å². The molecule has 0 aliphatic carbocycles. The zero-order valence-electron chi connectivity index (χ0n) is 11.9. The molecule has 102 valence electrons. The van der Waals surface area contributed by atoms with Crippen molar-refractivity contribution < 1.29 is 5.11 Å². The maximum atomic E-state index is 11.1. The molecule has 0 aliphatic rings. The summed E-state index contributed by atoms with van der Waals surface area (Å²) in [6, 6.07) is 9.89. The van der Waals surface area contributed by atoms with Gasteiger partial charge in [0.15, 0.2) is 0 Å². The van der Waals surface area contributed by atoms with E-state index in [2.05, 4.69) is 25.8 Å². The Labute approximate surface area is 114 Å². The maximum Gasteiger partial charge on any atom is 0.108 e. The van der Waals surface area contributed by atoms with E-state index in [0.717, 1.165) is 5.56 Å². The van der Waals surface area contributed by atoms with E-state index >= 15 is 0 Å². The lowest BCUT2D eigenvalue weighted by Crippen LogP contribution is -2.35. The number of benzene rings is 1. The molecule has 0 radical (unpaired) electrons. The first-order chi connectivity index (χ1) is 8.89. The number of nitrogens with zero attached hydrogens (tertiary/aromatic N) is 2. The second-order valence-electron chi connectivity index (χ2n) is 6.37. The largest absolute Gasteiger partial charge is 0.383 e. The summed E-state index contributed by atoms with van der Waals surface area (Å²) >= 11 is 0. The van der Waals surface area contributed by atoms with Crippen molar-refractivity contribution in [3.05, 3.63) is 54.6 Å². The van der Waals surface area contributed by atoms with Crippen molar-refractivity contribution >= 4 is 0 Å². The van der Waals surface area contributed by atoms with Gasteiger partial charge in [-0.3, -0.25) is 0 Å². The third-order valence-corrected chi connectivity index (χ3v) is 3.14. The van der Waals surface area contributed by atoms with Crippen LogP contribution in [0.2, 0.25) is 0 Å². The molecule has 1 atom stereocenters. The van der Waals surface area contributed by atoms with E-state index in [0.29, 0.717) is 13.0 Å². The topological polar surface area (TPSA) is 38.0 Å². The highest BCUT2D eigenvalue weighted by Gasteiger charge is 2.34. The highest BCUT2D eigenvalue weighted by molar-refractivity contribution is 5.22. The number of aliphatic hydroxyl groups is 1. The van der Waals surface area contributed by atoms with Gasteiger partial charge in [0.2, 0.25) is 0 Å². The molecule has 0 aliphatic heterocycles. The Bertz CT molecular complexity index is 499. The first-order valence-corrected chi connectivity index (χ1v) is 6.63. The summed E-state index contributed by atoms with van der Waals surface area (Å²) in [4.78, 5) is 4.05. The van der Waals surface area contributed by atoms with Gasteiger partial charge in [0, 0.05) is 12.4 Å². The molecule has 0 bridgehead atoms. The number of hydrogen-bond donors (Lipinski definition) is 1. The van der Waals surface area contributed by atoms with Crippen LogP contribution in [0.1, 0.15) is 32.8 Å². The Balaban J connectivity index is 2.32. The number of hydrogen-bond acceptors (Lipinski definition) is 2. The Morgan fingerprint density at radius 2 is 1.84 bits per heavy atom. The Morgan fingerprint density at radius 3 is 2.37 bits per heavy atom. The van der Waals surface area contributed by atoms with Gasteiger partial charge in [0.25, 0.3) is 0 Å². The summed E-state index contributed by atoms with van der Waals surface area (Å²) in [5.41, 5.74) is 0.129. The fraction of sp³-hybridized carbons (Fsp3) is 0.438. The molecule has 0 unspecified atom stereocenters. The highest BCUT2D eigenvalue weighted by atomic mass is 16.3. The molecule has 0 spiro atoms. The summed E-state index contributed by atoms with van der Waals surface area (Å²) in [6.07, 6.45) is 6.07. The Hall–Kier alpha value is -1.61. The van der Waals surface area contributed by atoms with E-state index < -0.39 is 5.60 Å². The second-order valence-corrected chi connectivity index (χ2v) is 6.37. The van der Waals surface area contributed by atoms with Crippen molar-refractivity contribution in [1.82, 2.24) is 9.55 Å². The van der Waals surface area contributed by atoms with Gasteiger partial charge in [-0.2, -0.15) is 0 Å². The molecule has 0 saturated heterocycles. The third-order valence-electron chi connectivity index (χ3n) is 3.14. The maximum absolute atomic E-state index is 11.1. The number of imidazole rings is 1. The molecule has 1 N–H and O–H groups in total. The Kier molecular flexibility index (Phi) is 3.76. The lowest BCUT2D eigenvalue weighted by Gasteiger charge is -2.35. The van der Waals surface area contributed by atoms with E-state index in [9.17, 15) is 5.11 Å². The van der Waals surface area contributed by atoms with Crippen molar-refractivity contribution in [1.29, 1.82) is 0 Å². The quantitative estimate of drug-likeness (QED) is 0.914. The van der Waals surface area contributed by atoms with Gasteiger partial charge in [-0.1, -0.05) is 51.1 Å². The van der Waals surface area contributed by atoms with Crippen LogP contribution in [0.25, 0.3) is 0 Å². The van der Waals surface area contributed by atoms with E-state index in [1.54, 1.807) is 12.5 Å². The van der Waals surface area contributed by atoms with Gasteiger partial charge < -0.3 is 9.67 Å². The van der Waals surface area contributed by atoms with Crippen LogP contribution in [0, 0.1) is 5.41 Å². The number of rotatable bonds is 4. The van der Waals surface area contributed by atoms with E-state index in [1.165, 1.54) is 0 Å². The molecule has 0 saturated carbocycles. The molecule has 0 amide bonds. The van der Waals surface area contributed by atoms with Crippen molar-refractivity contribution in [2.24, 2.45) is 5.41 Å². The molecular weight excluding hydrogens is 236 g/mol. The highest BCUT2D eigenvalue weighted by Crippen LogP contribution is 2.36. The fourth-order valence-corrected chi connectivity index (χ4v) is 2.56. The van der Waals surface area contributed by atoms with Crippen LogP contribution in [0.4, 0.5) is 0 Å². The first-order valence-electron chi connectivity index (χ1n) is 6.63. The molecule has 2 rings (SSSR count). The van der Waals surface area contributed by atoms with Crippen molar-refractivity contribution in [3.63, 3.8) is 0 Å². The predicted molar refractivity (Wildman–Crippen MR) is 76.6 cm³/mol. The summed E-state index contributed by atoms with van der Waals surface area (Å²) in [5.74, 6) is 0. The summed E-state index contributed by atoms with van der Waals surface area (Å²) in [6.45, 7) is 6.97. The lowest BCUT2D eigenvalue weighted by molar-refractivity contribution is -0.0187. The normalized spacial score (nSPS) is 15.2. The zero-order chi connectivity index (χ0) is 13.9. The Morgan fingerprint density at radius 1 is 1.16 bits per heavy atom. The molecule has 0 fully saturated rings. The van der Waals surface area contributed by atoms with Crippen LogP contribution >= 0.6 is 0 Å². The van der Waals surface area contributed by atoms with Gasteiger partial charge in [-0.15, -0.1) is 0 Å². The average molecular weight is 258 g/mol. The monoisotopic (exact) mass is 258 g/mol. The van der Waals surface area contributed by atoms with Crippen molar-refractivity contribution in [2.75, 3.05) is 0 Å².